The molecule has 2 aliphatic carbocycles. The van der Waals surface area contributed by atoms with Gasteiger partial charge in [-0.2, -0.15) is 0 Å². The molecule has 0 radical (unpaired) electrons. The van der Waals surface area contributed by atoms with Crippen LogP contribution in [0.5, 0.6) is 5.75 Å². The van der Waals surface area contributed by atoms with Crippen LogP contribution in [0.15, 0.2) is 22.7 Å². The lowest BCUT2D eigenvalue weighted by Crippen LogP contribution is -2.35. The lowest BCUT2D eigenvalue weighted by molar-refractivity contribution is -0.142. The van der Waals surface area contributed by atoms with E-state index in [2.05, 4.69) is 21.2 Å². The first kappa shape index (κ1) is 16.3. The second kappa shape index (κ2) is 6.51. The summed E-state index contributed by atoms with van der Waals surface area (Å²) in [6, 6.07) is 4.01. The van der Waals surface area contributed by atoms with Crippen molar-refractivity contribution in [3.63, 3.8) is 0 Å². The first-order valence-electron chi connectivity index (χ1n) is 7.89. The Morgan fingerprint density at radius 2 is 1.96 bits per heavy atom. The maximum atomic E-state index is 12.5. The lowest BCUT2D eigenvalue weighted by Gasteiger charge is -2.16. The smallest absolute Gasteiger partial charge is 0.330 e. The molecular weight excluding hydrogens is 362 g/mol. The predicted octanol–water partition coefficient (Wildman–Crippen LogP) is 3.14. The SMILES string of the molecule is COc1ccc(C(NC(=O)C2C3CCCCC32)C(=O)O)cc1Br. The fraction of sp³-hybridized carbons (Fsp3) is 0.529. The number of ether oxygens (including phenoxy) is 1. The van der Waals surface area contributed by atoms with Gasteiger partial charge in [-0.05, 0) is 58.3 Å². The molecule has 5 nitrogen and oxygen atoms in total. The van der Waals surface area contributed by atoms with E-state index in [1.165, 1.54) is 12.8 Å². The highest BCUT2D eigenvalue weighted by Gasteiger charge is 2.55. The van der Waals surface area contributed by atoms with E-state index >= 15 is 0 Å². The van der Waals surface area contributed by atoms with Gasteiger partial charge in [0.1, 0.15) is 5.75 Å². The Labute approximate surface area is 143 Å². The Kier molecular flexibility index (Phi) is 4.62. The molecule has 0 aliphatic heterocycles. The molecule has 3 rings (SSSR count). The number of carboxylic acids is 1. The number of benzene rings is 1. The van der Waals surface area contributed by atoms with Crippen molar-refractivity contribution in [3.8, 4) is 5.75 Å². The van der Waals surface area contributed by atoms with Crippen molar-refractivity contribution in [1.82, 2.24) is 5.32 Å². The Hall–Kier alpha value is -1.56. The Bertz CT molecular complexity index is 621. The number of methoxy groups -OCH3 is 1. The maximum absolute atomic E-state index is 12.5. The molecule has 0 aromatic heterocycles. The van der Waals surface area contributed by atoms with Crippen molar-refractivity contribution >= 4 is 27.8 Å². The summed E-state index contributed by atoms with van der Waals surface area (Å²) in [5.41, 5.74) is 0.530. The van der Waals surface area contributed by atoms with E-state index in [0.29, 0.717) is 27.6 Å². The zero-order chi connectivity index (χ0) is 16.6. The van der Waals surface area contributed by atoms with Crippen molar-refractivity contribution in [2.45, 2.75) is 31.7 Å². The average Bonchev–Trinajstić information content (AvgIpc) is 3.26. The van der Waals surface area contributed by atoms with Gasteiger partial charge in [-0.15, -0.1) is 0 Å². The van der Waals surface area contributed by atoms with Crippen LogP contribution in [0.25, 0.3) is 0 Å². The Morgan fingerprint density at radius 3 is 2.48 bits per heavy atom. The molecule has 1 aromatic rings. The van der Waals surface area contributed by atoms with Crippen molar-refractivity contribution in [2.24, 2.45) is 17.8 Å². The number of halogens is 1. The van der Waals surface area contributed by atoms with Gasteiger partial charge in [0.15, 0.2) is 6.04 Å². The first-order chi connectivity index (χ1) is 11.0. The number of aliphatic carboxylic acids is 1. The van der Waals surface area contributed by atoms with Crippen molar-refractivity contribution in [1.29, 1.82) is 0 Å². The van der Waals surface area contributed by atoms with Crippen LogP contribution in [0.2, 0.25) is 0 Å². The Morgan fingerprint density at radius 1 is 1.30 bits per heavy atom. The number of nitrogens with one attached hydrogen (secondary N) is 1. The normalized spacial score (nSPS) is 26.8. The molecular formula is C17H20BrNO4. The second-order valence-corrected chi connectivity index (χ2v) is 7.17. The summed E-state index contributed by atoms with van der Waals surface area (Å²) in [4.78, 5) is 24.1. The number of carboxylic acid groups (broad SMARTS) is 1. The van der Waals surface area contributed by atoms with E-state index in [4.69, 9.17) is 4.74 Å². The molecule has 2 fully saturated rings. The van der Waals surface area contributed by atoms with E-state index in [1.54, 1.807) is 25.3 Å². The molecule has 3 atom stereocenters. The number of fused-ring (bicyclic) bond motifs is 1. The fourth-order valence-corrected chi connectivity index (χ4v) is 4.33. The third-order valence-corrected chi connectivity index (χ3v) is 5.62. The molecule has 3 unspecified atom stereocenters. The highest BCUT2D eigenvalue weighted by molar-refractivity contribution is 9.10. The van der Waals surface area contributed by atoms with Gasteiger partial charge in [0.25, 0.3) is 0 Å². The van der Waals surface area contributed by atoms with Crippen molar-refractivity contribution in [2.75, 3.05) is 7.11 Å². The summed E-state index contributed by atoms with van der Waals surface area (Å²) >= 11 is 3.35. The molecule has 2 saturated carbocycles. The van der Waals surface area contributed by atoms with Gasteiger partial charge < -0.3 is 15.2 Å². The van der Waals surface area contributed by atoms with Crippen LogP contribution in [-0.4, -0.2) is 24.1 Å². The first-order valence-corrected chi connectivity index (χ1v) is 8.69. The van der Waals surface area contributed by atoms with E-state index in [1.807, 2.05) is 0 Å². The molecule has 23 heavy (non-hydrogen) atoms. The fourth-order valence-electron chi connectivity index (χ4n) is 3.77. The lowest BCUT2D eigenvalue weighted by atomic mass is 10.0. The predicted molar refractivity (Wildman–Crippen MR) is 88.2 cm³/mol. The van der Waals surface area contributed by atoms with Gasteiger partial charge in [-0.3, -0.25) is 4.79 Å². The molecule has 6 heteroatoms. The van der Waals surface area contributed by atoms with Gasteiger partial charge in [0.05, 0.1) is 11.6 Å². The van der Waals surface area contributed by atoms with Crippen LogP contribution in [0.3, 0.4) is 0 Å². The van der Waals surface area contributed by atoms with Crippen molar-refractivity contribution in [3.05, 3.63) is 28.2 Å². The van der Waals surface area contributed by atoms with Crippen LogP contribution < -0.4 is 10.1 Å². The van der Waals surface area contributed by atoms with Gasteiger partial charge in [-0.25, -0.2) is 4.79 Å². The third kappa shape index (κ3) is 3.22. The van der Waals surface area contributed by atoms with Crippen LogP contribution in [0.1, 0.15) is 37.3 Å². The molecule has 124 valence electrons. The Balaban J connectivity index is 1.73. The highest BCUT2D eigenvalue weighted by Crippen LogP contribution is 2.55. The third-order valence-electron chi connectivity index (χ3n) is 5.00. The van der Waals surface area contributed by atoms with Gasteiger partial charge in [-0.1, -0.05) is 18.9 Å². The zero-order valence-corrected chi connectivity index (χ0v) is 14.5. The topological polar surface area (TPSA) is 75.6 Å². The van der Waals surface area contributed by atoms with E-state index in [9.17, 15) is 14.7 Å². The standard InChI is InChI=1S/C17H20BrNO4/c1-23-13-7-6-9(8-12(13)18)15(17(21)22)19-16(20)14-10-4-2-3-5-11(10)14/h6-8,10-11,14-15H,2-5H2,1H3,(H,19,20)(H,21,22). The minimum Gasteiger partial charge on any atom is -0.496 e. The summed E-state index contributed by atoms with van der Waals surface area (Å²) in [5, 5.41) is 12.2. The highest BCUT2D eigenvalue weighted by atomic mass is 79.9. The summed E-state index contributed by atoms with van der Waals surface area (Å²) in [6.07, 6.45) is 4.54. The minimum absolute atomic E-state index is 0.000962. The number of carbonyl (C=O) groups excluding carboxylic acids is 1. The van der Waals surface area contributed by atoms with E-state index < -0.39 is 12.0 Å². The molecule has 0 heterocycles. The number of hydrogen-bond donors (Lipinski definition) is 2. The summed E-state index contributed by atoms with van der Waals surface area (Å²) in [6.45, 7) is 0. The molecule has 1 amide bonds. The number of hydrogen-bond acceptors (Lipinski definition) is 3. The second-order valence-electron chi connectivity index (χ2n) is 6.31. The minimum atomic E-state index is -1.06. The van der Waals surface area contributed by atoms with Crippen LogP contribution >= 0.6 is 15.9 Å². The van der Waals surface area contributed by atoms with Gasteiger partial charge in [0.2, 0.25) is 5.91 Å². The van der Waals surface area contributed by atoms with Gasteiger partial charge in [0, 0.05) is 5.92 Å². The van der Waals surface area contributed by atoms with E-state index in [0.717, 1.165) is 12.8 Å². The van der Waals surface area contributed by atoms with Crippen LogP contribution in [-0.2, 0) is 9.59 Å². The molecule has 0 bridgehead atoms. The van der Waals surface area contributed by atoms with Crippen LogP contribution in [0, 0.1) is 17.8 Å². The zero-order valence-electron chi connectivity index (χ0n) is 12.9. The molecule has 0 saturated heterocycles. The van der Waals surface area contributed by atoms with Gasteiger partial charge >= 0.3 is 5.97 Å². The largest absolute Gasteiger partial charge is 0.496 e. The summed E-state index contributed by atoms with van der Waals surface area (Å²) in [5.74, 6) is 0.361. The van der Waals surface area contributed by atoms with E-state index in [-0.39, 0.29) is 11.8 Å². The monoisotopic (exact) mass is 381 g/mol. The molecule has 1 aromatic carbocycles. The number of carbonyl (C=O) groups is 2. The average molecular weight is 382 g/mol. The molecule has 2 N–H and O–H groups in total. The van der Waals surface area contributed by atoms with Crippen LogP contribution in [0.4, 0.5) is 0 Å². The maximum Gasteiger partial charge on any atom is 0.330 e. The summed E-state index contributed by atoms with van der Waals surface area (Å²) in [7, 11) is 1.55. The number of amides is 1. The quantitative estimate of drug-likeness (QED) is 0.821. The number of rotatable bonds is 5. The van der Waals surface area contributed by atoms with Crippen molar-refractivity contribution < 1.29 is 19.4 Å². The summed E-state index contributed by atoms with van der Waals surface area (Å²) < 4.78 is 5.82. The molecule has 0 spiro atoms. The molecule has 2 aliphatic rings.